The van der Waals surface area contributed by atoms with Crippen LogP contribution in [-0.2, 0) is 6.42 Å². The van der Waals surface area contributed by atoms with Gasteiger partial charge in [-0.25, -0.2) is 0 Å². The summed E-state index contributed by atoms with van der Waals surface area (Å²) in [5.41, 5.74) is 7.55. The number of fused-ring (bicyclic) bond motifs is 1. The average molecular weight is 405 g/mol. The molecule has 0 spiro atoms. The molecule has 5 rings (SSSR count). The SMILES string of the molecule is NC(=O)c1ccc(Oc2ccc3c(c2)CCN([C@@H]2CCN(C4CCC4)C2)C3=O)cc1. The second-order valence-corrected chi connectivity index (χ2v) is 8.58. The van der Waals surface area contributed by atoms with Crippen LogP contribution in [-0.4, -0.2) is 53.3 Å². The van der Waals surface area contributed by atoms with Crippen LogP contribution >= 0.6 is 0 Å². The molecule has 1 saturated heterocycles. The molecule has 1 aliphatic carbocycles. The summed E-state index contributed by atoms with van der Waals surface area (Å²) in [7, 11) is 0. The van der Waals surface area contributed by atoms with Gasteiger partial charge < -0.3 is 15.4 Å². The molecule has 1 atom stereocenters. The highest BCUT2D eigenvalue weighted by Gasteiger charge is 2.37. The van der Waals surface area contributed by atoms with E-state index < -0.39 is 5.91 Å². The summed E-state index contributed by atoms with van der Waals surface area (Å²) in [6.07, 6.45) is 5.91. The molecule has 2 aromatic rings. The standard InChI is InChI=1S/C24H27N3O3/c25-23(28)16-4-6-20(7-5-16)30-21-8-9-22-17(14-21)10-13-27(24(22)29)19-11-12-26(15-19)18-2-1-3-18/h4-9,14,18-19H,1-3,10-13,15H2,(H2,25,28)/t19-/m1/s1. The van der Waals surface area contributed by atoms with Crippen molar-refractivity contribution >= 4 is 11.8 Å². The van der Waals surface area contributed by atoms with Crippen molar-refractivity contribution in [3.05, 3.63) is 59.2 Å². The van der Waals surface area contributed by atoms with Crippen molar-refractivity contribution in [2.45, 2.75) is 44.2 Å². The molecule has 6 heteroatoms. The van der Waals surface area contributed by atoms with Crippen LogP contribution in [0.25, 0.3) is 0 Å². The zero-order valence-electron chi connectivity index (χ0n) is 17.0. The largest absolute Gasteiger partial charge is 0.457 e. The summed E-state index contributed by atoms with van der Waals surface area (Å²) < 4.78 is 5.92. The van der Waals surface area contributed by atoms with Gasteiger partial charge in [0.1, 0.15) is 11.5 Å². The number of amides is 2. The lowest BCUT2D eigenvalue weighted by molar-refractivity contribution is 0.0646. The predicted octanol–water partition coefficient (Wildman–Crippen LogP) is 3.20. The lowest BCUT2D eigenvalue weighted by Gasteiger charge is -2.37. The monoisotopic (exact) mass is 405 g/mol. The van der Waals surface area contributed by atoms with Gasteiger partial charge in [-0.2, -0.15) is 0 Å². The molecule has 2 aliphatic heterocycles. The first-order valence-corrected chi connectivity index (χ1v) is 10.8. The van der Waals surface area contributed by atoms with Crippen LogP contribution in [0, 0.1) is 0 Å². The normalized spacial score (nSPS) is 21.9. The van der Waals surface area contributed by atoms with E-state index in [4.69, 9.17) is 10.5 Å². The van der Waals surface area contributed by atoms with Crippen LogP contribution < -0.4 is 10.5 Å². The fourth-order valence-corrected chi connectivity index (χ4v) is 4.82. The summed E-state index contributed by atoms with van der Waals surface area (Å²) in [6.45, 7) is 2.91. The fraction of sp³-hybridized carbons (Fsp3) is 0.417. The van der Waals surface area contributed by atoms with Crippen molar-refractivity contribution in [3.8, 4) is 11.5 Å². The van der Waals surface area contributed by atoms with Crippen molar-refractivity contribution < 1.29 is 14.3 Å². The Morgan fingerprint density at radius 2 is 1.73 bits per heavy atom. The molecule has 2 heterocycles. The molecule has 156 valence electrons. The van der Waals surface area contributed by atoms with Gasteiger partial charge >= 0.3 is 0 Å². The first-order chi connectivity index (χ1) is 14.6. The summed E-state index contributed by atoms with van der Waals surface area (Å²) in [6, 6.07) is 13.5. The molecular weight excluding hydrogens is 378 g/mol. The second-order valence-electron chi connectivity index (χ2n) is 8.58. The van der Waals surface area contributed by atoms with Gasteiger partial charge in [-0.05, 0) is 73.7 Å². The first kappa shape index (κ1) is 19.1. The molecule has 2 fully saturated rings. The lowest BCUT2D eigenvalue weighted by Crippen LogP contribution is -2.47. The maximum absolute atomic E-state index is 13.2. The van der Waals surface area contributed by atoms with Crippen molar-refractivity contribution in [1.29, 1.82) is 0 Å². The summed E-state index contributed by atoms with van der Waals surface area (Å²) >= 11 is 0. The van der Waals surface area contributed by atoms with Gasteiger partial charge in [-0.3, -0.25) is 14.5 Å². The zero-order valence-corrected chi connectivity index (χ0v) is 17.0. The molecule has 2 amide bonds. The number of nitrogens with zero attached hydrogens (tertiary/aromatic N) is 2. The number of rotatable bonds is 5. The Kier molecular flexibility index (Phi) is 4.95. The Bertz CT molecular complexity index is 968. The third-order valence-corrected chi connectivity index (χ3v) is 6.79. The minimum absolute atomic E-state index is 0.147. The summed E-state index contributed by atoms with van der Waals surface area (Å²) in [5, 5.41) is 0. The highest BCUT2D eigenvalue weighted by Crippen LogP contribution is 2.32. The third kappa shape index (κ3) is 3.56. The second kappa shape index (κ2) is 7.76. The quantitative estimate of drug-likeness (QED) is 0.829. The number of primary amides is 1. The van der Waals surface area contributed by atoms with Crippen LogP contribution in [0.3, 0.4) is 0 Å². The Balaban J connectivity index is 1.27. The van der Waals surface area contributed by atoms with E-state index >= 15 is 0 Å². The molecule has 0 unspecified atom stereocenters. The van der Waals surface area contributed by atoms with Gasteiger partial charge in [0.05, 0.1) is 0 Å². The molecule has 30 heavy (non-hydrogen) atoms. The molecule has 0 bridgehead atoms. The number of ether oxygens (including phenoxy) is 1. The number of likely N-dealkylation sites (tertiary alicyclic amines) is 1. The maximum Gasteiger partial charge on any atom is 0.254 e. The molecule has 0 aromatic heterocycles. The Labute approximate surface area is 176 Å². The molecular formula is C24H27N3O3. The van der Waals surface area contributed by atoms with E-state index in [2.05, 4.69) is 9.80 Å². The van der Waals surface area contributed by atoms with E-state index in [9.17, 15) is 9.59 Å². The van der Waals surface area contributed by atoms with Crippen LogP contribution in [0.15, 0.2) is 42.5 Å². The molecule has 2 aromatic carbocycles. The topological polar surface area (TPSA) is 75.9 Å². The predicted molar refractivity (Wildman–Crippen MR) is 114 cm³/mol. The molecule has 2 N–H and O–H groups in total. The maximum atomic E-state index is 13.2. The van der Waals surface area contributed by atoms with Gasteiger partial charge in [0, 0.05) is 42.8 Å². The van der Waals surface area contributed by atoms with E-state index in [1.807, 2.05) is 18.2 Å². The zero-order chi connectivity index (χ0) is 20.7. The molecule has 1 saturated carbocycles. The van der Waals surface area contributed by atoms with Crippen molar-refractivity contribution in [2.75, 3.05) is 19.6 Å². The van der Waals surface area contributed by atoms with Crippen LogP contribution in [0.5, 0.6) is 11.5 Å². The van der Waals surface area contributed by atoms with Gasteiger partial charge in [0.25, 0.3) is 5.91 Å². The van der Waals surface area contributed by atoms with Gasteiger partial charge in [-0.15, -0.1) is 0 Å². The van der Waals surface area contributed by atoms with E-state index in [-0.39, 0.29) is 5.91 Å². The number of carbonyl (C=O) groups excluding carboxylic acids is 2. The Morgan fingerprint density at radius 3 is 2.43 bits per heavy atom. The summed E-state index contributed by atoms with van der Waals surface area (Å²) in [5.74, 6) is 1.01. The van der Waals surface area contributed by atoms with Crippen molar-refractivity contribution in [1.82, 2.24) is 9.80 Å². The highest BCUT2D eigenvalue weighted by molar-refractivity contribution is 5.97. The third-order valence-electron chi connectivity index (χ3n) is 6.79. The van der Waals surface area contributed by atoms with E-state index in [1.54, 1.807) is 24.3 Å². The van der Waals surface area contributed by atoms with Crippen LogP contribution in [0.1, 0.15) is 52.0 Å². The lowest BCUT2D eigenvalue weighted by atomic mass is 9.92. The first-order valence-electron chi connectivity index (χ1n) is 10.8. The van der Waals surface area contributed by atoms with Gasteiger partial charge in [0.2, 0.25) is 5.91 Å². The number of hydrogen-bond acceptors (Lipinski definition) is 4. The number of benzene rings is 2. The highest BCUT2D eigenvalue weighted by atomic mass is 16.5. The fourth-order valence-electron chi connectivity index (χ4n) is 4.82. The summed E-state index contributed by atoms with van der Waals surface area (Å²) in [4.78, 5) is 29.0. The number of hydrogen-bond donors (Lipinski definition) is 1. The Hall–Kier alpha value is -2.86. The van der Waals surface area contributed by atoms with E-state index in [0.717, 1.165) is 49.6 Å². The van der Waals surface area contributed by atoms with E-state index in [1.165, 1.54) is 19.3 Å². The smallest absolute Gasteiger partial charge is 0.254 e. The van der Waals surface area contributed by atoms with Crippen LogP contribution in [0.2, 0.25) is 0 Å². The average Bonchev–Trinajstić information content (AvgIpc) is 3.16. The number of carbonyl (C=O) groups is 2. The van der Waals surface area contributed by atoms with Crippen molar-refractivity contribution in [3.63, 3.8) is 0 Å². The Morgan fingerprint density at radius 1 is 0.967 bits per heavy atom. The minimum Gasteiger partial charge on any atom is -0.457 e. The van der Waals surface area contributed by atoms with E-state index in [0.29, 0.717) is 23.1 Å². The van der Waals surface area contributed by atoms with Crippen molar-refractivity contribution in [2.24, 2.45) is 5.73 Å². The molecule has 3 aliphatic rings. The minimum atomic E-state index is -0.462. The number of nitrogens with two attached hydrogens (primary N) is 1. The molecule has 6 nitrogen and oxygen atoms in total. The van der Waals surface area contributed by atoms with Crippen LogP contribution in [0.4, 0.5) is 0 Å². The van der Waals surface area contributed by atoms with Gasteiger partial charge in [0.15, 0.2) is 0 Å². The molecule has 0 radical (unpaired) electrons. The van der Waals surface area contributed by atoms with Gasteiger partial charge in [-0.1, -0.05) is 6.42 Å².